The van der Waals surface area contributed by atoms with Crippen molar-refractivity contribution in [3.63, 3.8) is 0 Å². The van der Waals surface area contributed by atoms with Crippen LogP contribution in [0.1, 0.15) is 77.0 Å². The maximum atomic E-state index is 12.6. The van der Waals surface area contributed by atoms with Crippen LogP contribution >= 0.6 is 0 Å². The molecule has 6 unspecified atom stereocenters. The van der Waals surface area contributed by atoms with Crippen molar-refractivity contribution in [2.75, 3.05) is 0 Å². The number of H-pyrrole nitrogens is 1. The standard InChI is InChI=1S/C24H34N2O2/c1-4-24(2,3)23(27)28-22-10-9-17-16-6-5-14-12-21-15(13-25-26-21)11-20(14)18(16)7-8-19(17)22/h12-13,16-20,22H,4-11H2,1-3H3,(H,25,26). The first-order chi connectivity index (χ1) is 13.5. The lowest BCUT2D eigenvalue weighted by Crippen LogP contribution is -2.43. The Morgan fingerprint density at radius 2 is 1.89 bits per heavy atom. The highest BCUT2D eigenvalue weighted by molar-refractivity contribution is 5.76. The molecule has 0 amide bonds. The summed E-state index contributed by atoms with van der Waals surface area (Å²) < 4.78 is 6.10. The maximum absolute atomic E-state index is 12.6. The quantitative estimate of drug-likeness (QED) is 0.735. The molecule has 0 spiro atoms. The SMILES string of the molecule is CCC(C)(C)C(=O)OC1CCC2C1CCC1C3Cc4cn[nH]c4C=C3CCC12. The van der Waals surface area contributed by atoms with Gasteiger partial charge in [-0.3, -0.25) is 9.89 Å². The van der Waals surface area contributed by atoms with Gasteiger partial charge in [-0.2, -0.15) is 5.10 Å². The van der Waals surface area contributed by atoms with Crippen molar-refractivity contribution < 1.29 is 9.53 Å². The van der Waals surface area contributed by atoms with E-state index in [-0.39, 0.29) is 17.5 Å². The summed E-state index contributed by atoms with van der Waals surface area (Å²) in [6.45, 7) is 6.11. The van der Waals surface area contributed by atoms with Gasteiger partial charge in [-0.05, 0) is 106 Å². The van der Waals surface area contributed by atoms with Gasteiger partial charge in [0.25, 0.3) is 0 Å². The van der Waals surface area contributed by atoms with Crippen molar-refractivity contribution in [3.05, 3.63) is 23.0 Å². The van der Waals surface area contributed by atoms with E-state index in [1.165, 1.54) is 49.8 Å². The third-order valence-corrected chi connectivity index (χ3v) is 8.72. The van der Waals surface area contributed by atoms with Crippen LogP contribution in [-0.4, -0.2) is 22.3 Å². The maximum Gasteiger partial charge on any atom is 0.311 e. The number of carbonyl (C=O) groups is 1. The Hall–Kier alpha value is -1.58. The van der Waals surface area contributed by atoms with Gasteiger partial charge in [0.15, 0.2) is 0 Å². The number of aromatic nitrogens is 2. The van der Waals surface area contributed by atoms with Crippen LogP contribution in [0.3, 0.4) is 0 Å². The minimum atomic E-state index is -0.357. The van der Waals surface area contributed by atoms with Crippen LogP contribution in [0.2, 0.25) is 0 Å². The fraction of sp³-hybridized carbons (Fsp3) is 0.750. The Morgan fingerprint density at radius 1 is 1.14 bits per heavy atom. The van der Waals surface area contributed by atoms with E-state index in [0.717, 1.165) is 30.6 Å². The summed E-state index contributed by atoms with van der Waals surface area (Å²) in [6.07, 6.45) is 14.0. The van der Waals surface area contributed by atoms with Gasteiger partial charge in [-0.15, -0.1) is 0 Å². The molecule has 1 aromatic rings. The smallest absolute Gasteiger partial charge is 0.311 e. The molecule has 1 heterocycles. The van der Waals surface area contributed by atoms with Crippen molar-refractivity contribution in [1.82, 2.24) is 10.2 Å². The van der Waals surface area contributed by atoms with Crippen LogP contribution in [-0.2, 0) is 16.0 Å². The zero-order valence-corrected chi connectivity index (χ0v) is 17.5. The number of allylic oxidation sites excluding steroid dienone is 1. The number of hydrogen-bond donors (Lipinski definition) is 1. The Balaban J connectivity index is 1.31. The molecule has 4 aliphatic rings. The Labute approximate surface area is 168 Å². The largest absolute Gasteiger partial charge is 0.462 e. The third-order valence-electron chi connectivity index (χ3n) is 8.72. The number of nitrogens with one attached hydrogen (secondary N) is 1. The minimum Gasteiger partial charge on any atom is -0.462 e. The van der Waals surface area contributed by atoms with Gasteiger partial charge in [0.1, 0.15) is 6.10 Å². The van der Waals surface area contributed by atoms with Crippen LogP contribution in [0, 0.1) is 35.0 Å². The van der Waals surface area contributed by atoms with Crippen LogP contribution < -0.4 is 0 Å². The van der Waals surface area contributed by atoms with E-state index in [9.17, 15) is 4.79 Å². The topological polar surface area (TPSA) is 55.0 Å². The van der Waals surface area contributed by atoms with Crippen molar-refractivity contribution in [2.45, 2.75) is 78.2 Å². The normalized spacial score (nSPS) is 36.6. The van der Waals surface area contributed by atoms with E-state index in [0.29, 0.717) is 11.8 Å². The second-order valence-electron chi connectivity index (χ2n) is 10.4. The van der Waals surface area contributed by atoms with E-state index < -0.39 is 0 Å². The van der Waals surface area contributed by atoms with Gasteiger partial charge < -0.3 is 4.74 Å². The van der Waals surface area contributed by atoms with Gasteiger partial charge in [0.05, 0.1) is 17.3 Å². The second-order valence-corrected chi connectivity index (χ2v) is 10.4. The van der Waals surface area contributed by atoms with Crippen molar-refractivity contribution in [3.8, 4) is 0 Å². The molecule has 6 atom stereocenters. The third kappa shape index (κ3) is 2.86. The average Bonchev–Trinajstić information content (AvgIpc) is 3.32. The van der Waals surface area contributed by atoms with E-state index in [2.05, 4.69) is 23.2 Å². The molecule has 5 rings (SSSR count). The predicted octanol–water partition coefficient (Wildman–Crippen LogP) is 5.16. The fourth-order valence-electron chi connectivity index (χ4n) is 6.71. The number of ether oxygens (including phenoxy) is 1. The molecule has 4 heteroatoms. The van der Waals surface area contributed by atoms with Crippen LogP contribution in [0.15, 0.2) is 11.8 Å². The summed E-state index contributed by atoms with van der Waals surface area (Å²) in [5, 5.41) is 7.43. The summed E-state index contributed by atoms with van der Waals surface area (Å²) in [5.41, 5.74) is 3.94. The number of nitrogens with zero attached hydrogens (tertiary/aromatic N) is 1. The molecule has 0 aromatic carbocycles. The van der Waals surface area contributed by atoms with Crippen molar-refractivity contribution in [2.24, 2.45) is 35.0 Å². The molecule has 1 aromatic heterocycles. The molecule has 0 bridgehead atoms. The van der Waals surface area contributed by atoms with Gasteiger partial charge in [0.2, 0.25) is 0 Å². The van der Waals surface area contributed by atoms with E-state index in [4.69, 9.17) is 4.74 Å². The van der Waals surface area contributed by atoms with Gasteiger partial charge in [-0.1, -0.05) is 12.5 Å². The summed E-state index contributed by atoms with van der Waals surface area (Å²) in [7, 11) is 0. The molecule has 3 fully saturated rings. The van der Waals surface area contributed by atoms with E-state index in [1.54, 1.807) is 5.57 Å². The Kier molecular flexibility index (Phi) is 4.44. The zero-order chi connectivity index (χ0) is 19.5. The highest BCUT2D eigenvalue weighted by Gasteiger charge is 2.51. The summed E-state index contributed by atoms with van der Waals surface area (Å²) in [5.74, 6) is 3.70. The number of carbonyl (C=O) groups excluding carboxylic acids is 1. The van der Waals surface area contributed by atoms with Crippen molar-refractivity contribution in [1.29, 1.82) is 0 Å². The lowest BCUT2D eigenvalue weighted by Gasteiger charge is -2.49. The first-order valence-electron chi connectivity index (χ1n) is 11.4. The molecule has 4 nitrogen and oxygen atoms in total. The van der Waals surface area contributed by atoms with E-state index in [1.807, 2.05) is 20.0 Å². The molecule has 4 aliphatic carbocycles. The van der Waals surface area contributed by atoms with Crippen LogP contribution in [0.5, 0.6) is 0 Å². The lowest BCUT2D eigenvalue weighted by molar-refractivity contribution is -0.163. The first kappa shape index (κ1) is 18.4. The molecule has 3 saturated carbocycles. The molecule has 0 aliphatic heterocycles. The number of rotatable bonds is 3. The fourth-order valence-corrected chi connectivity index (χ4v) is 6.71. The summed E-state index contributed by atoms with van der Waals surface area (Å²) in [4.78, 5) is 12.6. The van der Waals surface area contributed by atoms with Crippen molar-refractivity contribution >= 4 is 12.0 Å². The molecular formula is C24H34N2O2. The lowest BCUT2D eigenvalue weighted by atomic mass is 9.56. The summed E-state index contributed by atoms with van der Waals surface area (Å²) in [6, 6.07) is 0. The number of aromatic amines is 1. The van der Waals surface area contributed by atoms with Crippen LogP contribution in [0.4, 0.5) is 0 Å². The molecule has 28 heavy (non-hydrogen) atoms. The Morgan fingerprint density at radius 3 is 2.71 bits per heavy atom. The number of esters is 1. The molecular weight excluding hydrogens is 348 g/mol. The highest BCUT2D eigenvalue weighted by atomic mass is 16.5. The first-order valence-corrected chi connectivity index (χ1v) is 11.4. The van der Waals surface area contributed by atoms with Gasteiger partial charge in [0, 0.05) is 0 Å². The number of fused-ring (bicyclic) bond motifs is 6. The molecule has 1 N–H and O–H groups in total. The monoisotopic (exact) mass is 382 g/mol. The predicted molar refractivity (Wildman–Crippen MR) is 109 cm³/mol. The average molecular weight is 383 g/mol. The number of hydrogen-bond acceptors (Lipinski definition) is 3. The molecule has 0 radical (unpaired) electrons. The highest BCUT2D eigenvalue weighted by Crippen LogP contribution is 2.57. The van der Waals surface area contributed by atoms with E-state index >= 15 is 0 Å². The molecule has 0 saturated heterocycles. The van der Waals surface area contributed by atoms with Gasteiger partial charge in [-0.25, -0.2) is 0 Å². The summed E-state index contributed by atoms with van der Waals surface area (Å²) >= 11 is 0. The zero-order valence-electron chi connectivity index (χ0n) is 17.5. The van der Waals surface area contributed by atoms with Gasteiger partial charge >= 0.3 is 5.97 Å². The second kappa shape index (κ2) is 6.74. The minimum absolute atomic E-state index is 0.0106. The molecule has 152 valence electrons. The van der Waals surface area contributed by atoms with Crippen LogP contribution in [0.25, 0.3) is 6.08 Å². The Bertz CT molecular complexity index is 792.